The predicted octanol–water partition coefficient (Wildman–Crippen LogP) is 1.50. The van der Waals surface area contributed by atoms with Crippen molar-refractivity contribution in [3.05, 3.63) is 59.9 Å². The van der Waals surface area contributed by atoms with Gasteiger partial charge in [-0.1, -0.05) is 18.2 Å². The predicted molar refractivity (Wildman–Crippen MR) is 88.7 cm³/mol. The number of rotatable bonds is 6. The lowest BCUT2D eigenvalue weighted by atomic mass is 9.75. The maximum absolute atomic E-state index is 13.9. The van der Waals surface area contributed by atoms with Gasteiger partial charge in [-0.3, -0.25) is 14.8 Å². The first-order valence-corrected chi connectivity index (χ1v) is 8.09. The minimum atomic E-state index is -0.585. The monoisotopic (exact) mass is 328 g/mol. The van der Waals surface area contributed by atoms with Gasteiger partial charge in [0, 0.05) is 44.1 Å². The van der Waals surface area contributed by atoms with Crippen molar-refractivity contribution >= 4 is 5.91 Å². The molecular formula is C18H21FN4O. The van der Waals surface area contributed by atoms with Crippen molar-refractivity contribution in [3.8, 4) is 0 Å². The third kappa shape index (κ3) is 3.59. The topological polar surface area (TPSA) is 66.9 Å². The van der Waals surface area contributed by atoms with Crippen LogP contribution in [-0.4, -0.2) is 35.0 Å². The summed E-state index contributed by atoms with van der Waals surface area (Å²) < 4.78 is 13.9. The fourth-order valence-corrected chi connectivity index (χ4v) is 2.98. The number of carbonyl (C=O) groups is 1. The first-order valence-electron chi connectivity index (χ1n) is 8.09. The van der Waals surface area contributed by atoms with Gasteiger partial charge in [0.2, 0.25) is 5.91 Å². The minimum Gasteiger partial charge on any atom is -0.353 e. The van der Waals surface area contributed by atoms with Gasteiger partial charge in [0.25, 0.3) is 0 Å². The van der Waals surface area contributed by atoms with Gasteiger partial charge in [-0.2, -0.15) is 0 Å². The highest BCUT2D eigenvalue weighted by Gasteiger charge is 2.44. The van der Waals surface area contributed by atoms with Crippen LogP contribution in [0.5, 0.6) is 0 Å². The zero-order valence-corrected chi connectivity index (χ0v) is 13.6. The van der Waals surface area contributed by atoms with Crippen LogP contribution >= 0.6 is 0 Å². The van der Waals surface area contributed by atoms with Crippen molar-refractivity contribution in [2.45, 2.75) is 25.8 Å². The minimum absolute atomic E-state index is 0.0408. The van der Waals surface area contributed by atoms with Crippen LogP contribution in [0.3, 0.4) is 0 Å². The first-order chi connectivity index (χ1) is 11.6. The summed E-state index contributed by atoms with van der Waals surface area (Å²) in [5.41, 5.74) is 0.828. The van der Waals surface area contributed by atoms with E-state index in [1.807, 2.05) is 6.92 Å². The molecule has 1 aliphatic heterocycles. The summed E-state index contributed by atoms with van der Waals surface area (Å²) in [6.07, 6.45) is 5.97. The molecule has 3 rings (SSSR count). The Morgan fingerprint density at radius 2 is 2.17 bits per heavy atom. The molecule has 0 saturated carbocycles. The molecule has 2 heterocycles. The van der Waals surface area contributed by atoms with E-state index in [4.69, 9.17) is 0 Å². The molecule has 1 atom stereocenters. The van der Waals surface area contributed by atoms with E-state index in [9.17, 15) is 9.18 Å². The molecule has 0 bridgehead atoms. The van der Waals surface area contributed by atoms with E-state index >= 15 is 0 Å². The number of carbonyl (C=O) groups excluding carboxylic acids is 1. The van der Waals surface area contributed by atoms with Crippen molar-refractivity contribution in [2.24, 2.45) is 5.41 Å². The summed E-state index contributed by atoms with van der Waals surface area (Å²) in [6, 6.07) is 6.57. The largest absolute Gasteiger partial charge is 0.353 e. The Morgan fingerprint density at radius 3 is 2.79 bits per heavy atom. The number of nitrogens with zero attached hydrogens (tertiary/aromatic N) is 2. The molecule has 5 nitrogen and oxygen atoms in total. The van der Waals surface area contributed by atoms with Crippen LogP contribution in [0.4, 0.5) is 4.39 Å². The van der Waals surface area contributed by atoms with Gasteiger partial charge in [-0.25, -0.2) is 4.39 Å². The Hall–Kier alpha value is -2.34. The number of aromatic nitrogens is 2. The van der Waals surface area contributed by atoms with Gasteiger partial charge in [0.1, 0.15) is 5.82 Å². The van der Waals surface area contributed by atoms with E-state index in [0.717, 1.165) is 5.69 Å². The van der Waals surface area contributed by atoms with E-state index in [2.05, 4.69) is 20.6 Å². The van der Waals surface area contributed by atoms with E-state index in [0.29, 0.717) is 31.5 Å². The normalized spacial score (nSPS) is 16.9. The molecule has 1 unspecified atom stereocenters. The average molecular weight is 328 g/mol. The summed E-state index contributed by atoms with van der Waals surface area (Å²) in [4.78, 5) is 21.0. The highest BCUT2D eigenvalue weighted by Crippen LogP contribution is 2.29. The van der Waals surface area contributed by atoms with Crippen LogP contribution < -0.4 is 10.6 Å². The van der Waals surface area contributed by atoms with Crippen LogP contribution in [0.15, 0.2) is 42.9 Å². The summed E-state index contributed by atoms with van der Waals surface area (Å²) in [7, 11) is 0. The summed E-state index contributed by atoms with van der Waals surface area (Å²) in [5, 5.41) is 6.18. The highest BCUT2D eigenvalue weighted by molar-refractivity contribution is 5.85. The van der Waals surface area contributed by atoms with E-state index < -0.39 is 5.41 Å². The van der Waals surface area contributed by atoms with Gasteiger partial charge in [0.05, 0.1) is 11.1 Å². The lowest BCUT2D eigenvalue weighted by Gasteiger charge is -2.42. The van der Waals surface area contributed by atoms with Gasteiger partial charge in [-0.15, -0.1) is 0 Å². The molecule has 1 aromatic heterocycles. The summed E-state index contributed by atoms with van der Waals surface area (Å²) in [5.74, 6) is -0.301. The fourth-order valence-electron chi connectivity index (χ4n) is 2.98. The Bertz CT molecular complexity index is 703. The van der Waals surface area contributed by atoms with Crippen molar-refractivity contribution in [3.63, 3.8) is 0 Å². The Morgan fingerprint density at radius 1 is 1.38 bits per heavy atom. The maximum Gasteiger partial charge on any atom is 0.229 e. The molecule has 24 heavy (non-hydrogen) atoms. The van der Waals surface area contributed by atoms with Crippen LogP contribution in [0.2, 0.25) is 0 Å². The molecule has 1 aromatic carbocycles. The van der Waals surface area contributed by atoms with E-state index in [1.54, 1.807) is 36.8 Å². The Labute approximate surface area is 140 Å². The molecule has 1 aliphatic rings. The molecule has 0 aliphatic carbocycles. The molecular weight excluding hydrogens is 307 g/mol. The lowest BCUT2D eigenvalue weighted by molar-refractivity contribution is -0.134. The van der Waals surface area contributed by atoms with Crippen LogP contribution in [0.25, 0.3) is 0 Å². The smallest absolute Gasteiger partial charge is 0.229 e. The van der Waals surface area contributed by atoms with Crippen molar-refractivity contribution in [1.82, 2.24) is 20.6 Å². The Balaban J connectivity index is 1.64. The van der Waals surface area contributed by atoms with Gasteiger partial charge in [0.15, 0.2) is 0 Å². The molecule has 0 spiro atoms. The van der Waals surface area contributed by atoms with Crippen LogP contribution in [0.1, 0.15) is 18.2 Å². The zero-order chi connectivity index (χ0) is 17.0. The van der Waals surface area contributed by atoms with Gasteiger partial charge in [-0.05, 0) is 25.0 Å². The fraction of sp³-hybridized carbons (Fsp3) is 0.389. The highest BCUT2D eigenvalue weighted by atomic mass is 19.1. The molecule has 6 heteroatoms. The van der Waals surface area contributed by atoms with Gasteiger partial charge >= 0.3 is 0 Å². The molecule has 2 aromatic rings. The van der Waals surface area contributed by atoms with Crippen LogP contribution in [0, 0.1) is 11.2 Å². The molecule has 1 amide bonds. The lowest BCUT2D eigenvalue weighted by Crippen LogP contribution is -2.63. The maximum atomic E-state index is 13.9. The molecule has 0 radical (unpaired) electrons. The number of benzene rings is 1. The standard InChI is InChI=1S/C18H21FN4O/c1-13(8-15-10-20-6-7-22-15)23-17(24)18(11-21-12-18)9-14-4-2-3-5-16(14)19/h2-7,10,13,21H,8-9,11-12H2,1H3,(H,23,24). The third-order valence-corrected chi connectivity index (χ3v) is 4.40. The summed E-state index contributed by atoms with van der Waals surface area (Å²) in [6.45, 7) is 3.06. The average Bonchev–Trinajstić information content (AvgIpc) is 2.53. The molecule has 126 valence electrons. The second-order valence-corrected chi connectivity index (χ2v) is 6.43. The number of amides is 1. The van der Waals surface area contributed by atoms with E-state index in [-0.39, 0.29) is 17.8 Å². The number of hydrogen-bond acceptors (Lipinski definition) is 4. The SMILES string of the molecule is CC(Cc1cnccn1)NC(=O)C1(Cc2ccccc2F)CNC1. The van der Waals surface area contributed by atoms with Crippen molar-refractivity contribution in [1.29, 1.82) is 0 Å². The first kappa shape index (κ1) is 16.5. The number of halogens is 1. The van der Waals surface area contributed by atoms with E-state index in [1.165, 1.54) is 6.07 Å². The van der Waals surface area contributed by atoms with Gasteiger partial charge < -0.3 is 10.6 Å². The number of nitrogens with one attached hydrogen (secondary N) is 2. The summed E-state index contributed by atoms with van der Waals surface area (Å²) >= 11 is 0. The molecule has 1 saturated heterocycles. The Kier molecular flexibility index (Phi) is 4.85. The molecule has 2 N–H and O–H groups in total. The molecule has 1 fully saturated rings. The number of hydrogen-bond donors (Lipinski definition) is 2. The second-order valence-electron chi connectivity index (χ2n) is 6.43. The van der Waals surface area contributed by atoms with Crippen LogP contribution in [-0.2, 0) is 17.6 Å². The van der Waals surface area contributed by atoms with Crippen molar-refractivity contribution in [2.75, 3.05) is 13.1 Å². The zero-order valence-electron chi connectivity index (χ0n) is 13.6. The second kappa shape index (κ2) is 7.05. The van der Waals surface area contributed by atoms with Crippen molar-refractivity contribution < 1.29 is 9.18 Å². The quantitative estimate of drug-likeness (QED) is 0.843. The third-order valence-electron chi connectivity index (χ3n) is 4.40.